The molecule has 0 amide bonds. The van der Waals surface area contributed by atoms with Gasteiger partial charge < -0.3 is 16.6 Å². The highest BCUT2D eigenvalue weighted by Gasteiger charge is 2.13. The number of para-hydroxylation sites is 1. The van der Waals surface area contributed by atoms with Gasteiger partial charge >= 0.3 is 0 Å². The third kappa shape index (κ3) is 2.06. The average molecular weight is 285 g/mol. The van der Waals surface area contributed by atoms with Crippen LogP contribution in [0.4, 0.5) is 11.8 Å². The number of hydrogen-bond donors (Lipinski definition) is 4. The Morgan fingerprint density at radius 1 is 1.33 bits per heavy atom. The van der Waals surface area contributed by atoms with Crippen molar-refractivity contribution >= 4 is 29.0 Å². The molecule has 0 saturated carbocycles. The van der Waals surface area contributed by atoms with Crippen LogP contribution in [0.1, 0.15) is 5.56 Å². The van der Waals surface area contributed by atoms with Gasteiger partial charge in [0.15, 0.2) is 5.65 Å². The van der Waals surface area contributed by atoms with Crippen molar-refractivity contribution in [3.63, 3.8) is 0 Å². The van der Waals surface area contributed by atoms with Gasteiger partial charge in [0.25, 0.3) is 5.56 Å². The van der Waals surface area contributed by atoms with Gasteiger partial charge in [-0.2, -0.15) is 19.9 Å². The molecule has 0 aliphatic carbocycles. The third-order valence-electron chi connectivity index (χ3n) is 2.87. The smallest absolute Gasteiger partial charge is 0.289 e. The van der Waals surface area contributed by atoms with Gasteiger partial charge in [0.05, 0.1) is 6.21 Å². The van der Waals surface area contributed by atoms with E-state index in [0.29, 0.717) is 5.56 Å². The maximum atomic E-state index is 12.3. The van der Waals surface area contributed by atoms with Crippen molar-refractivity contribution in [1.82, 2.24) is 19.9 Å². The molecule has 0 bridgehead atoms. The Balaban J connectivity index is 2.15. The van der Waals surface area contributed by atoms with Crippen LogP contribution in [0.25, 0.3) is 11.0 Å². The number of nitrogens with one attached hydrogen (secondary N) is 1. The van der Waals surface area contributed by atoms with E-state index in [9.17, 15) is 9.90 Å². The van der Waals surface area contributed by atoms with E-state index in [2.05, 4.69) is 20.3 Å². The number of nitrogens with two attached hydrogens (primary N) is 2. The minimum Gasteiger partial charge on any atom is -0.507 e. The first kappa shape index (κ1) is 12.7. The summed E-state index contributed by atoms with van der Waals surface area (Å²) in [4.78, 5) is 16.2. The molecule has 21 heavy (non-hydrogen) atoms. The van der Waals surface area contributed by atoms with Crippen molar-refractivity contribution in [2.75, 3.05) is 11.5 Å². The molecule has 0 aliphatic rings. The molecular formula is C12H11N7O2. The summed E-state index contributed by atoms with van der Waals surface area (Å²) in [7, 11) is 0. The van der Waals surface area contributed by atoms with Gasteiger partial charge in [0.2, 0.25) is 5.95 Å². The standard InChI is InChI=1S/C12H11N7O2/c13-9-8-10(18-17-9)16-12(14)19(11(8)21)15-5-6-3-1-2-4-7(6)20/h1-5,20H,(H5,13,14,16,17,18)/b15-5+. The highest BCUT2D eigenvalue weighted by molar-refractivity contribution is 5.86. The molecule has 0 spiro atoms. The summed E-state index contributed by atoms with van der Waals surface area (Å²) in [6.45, 7) is 0. The molecule has 3 aromatic rings. The Hall–Kier alpha value is -3.36. The van der Waals surface area contributed by atoms with E-state index < -0.39 is 5.56 Å². The van der Waals surface area contributed by atoms with Crippen LogP contribution in [0.3, 0.4) is 0 Å². The van der Waals surface area contributed by atoms with Gasteiger partial charge in [-0.25, -0.2) is 0 Å². The highest BCUT2D eigenvalue weighted by atomic mass is 16.3. The molecule has 9 heteroatoms. The van der Waals surface area contributed by atoms with Crippen molar-refractivity contribution in [2.24, 2.45) is 5.10 Å². The first-order chi connectivity index (χ1) is 10.1. The van der Waals surface area contributed by atoms with Crippen LogP contribution >= 0.6 is 0 Å². The molecule has 106 valence electrons. The summed E-state index contributed by atoms with van der Waals surface area (Å²) in [5.74, 6) is -0.00980. The number of aromatic nitrogens is 4. The molecule has 9 nitrogen and oxygen atoms in total. The number of hydrogen-bond acceptors (Lipinski definition) is 7. The maximum Gasteiger partial charge on any atom is 0.289 e. The number of nitrogens with zero attached hydrogens (tertiary/aromatic N) is 4. The van der Waals surface area contributed by atoms with Crippen molar-refractivity contribution in [3.05, 3.63) is 40.2 Å². The summed E-state index contributed by atoms with van der Waals surface area (Å²) in [5, 5.41) is 19.9. The van der Waals surface area contributed by atoms with E-state index in [1.165, 1.54) is 12.3 Å². The summed E-state index contributed by atoms with van der Waals surface area (Å²) in [6.07, 6.45) is 1.30. The van der Waals surface area contributed by atoms with Crippen LogP contribution in [0, 0.1) is 0 Å². The predicted molar refractivity (Wildman–Crippen MR) is 78.1 cm³/mol. The van der Waals surface area contributed by atoms with Gasteiger partial charge in [-0.1, -0.05) is 12.1 Å². The molecule has 2 heterocycles. The lowest BCUT2D eigenvalue weighted by Gasteiger charge is -2.02. The SMILES string of the molecule is Nc1[nH]nc2nc(N)n(/N=C/c3ccccc3O)c(=O)c12. The monoisotopic (exact) mass is 285 g/mol. The van der Waals surface area contributed by atoms with Crippen LogP contribution in [0.15, 0.2) is 34.2 Å². The first-order valence-corrected chi connectivity index (χ1v) is 5.92. The molecule has 0 aliphatic heterocycles. The number of H-pyrrole nitrogens is 1. The summed E-state index contributed by atoms with van der Waals surface area (Å²) in [6, 6.07) is 6.54. The van der Waals surface area contributed by atoms with Crippen LogP contribution < -0.4 is 17.0 Å². The van der Waals surface area contributed by atoms with Gasteiger partial charge in [-0.05, 0) is 12.1 Å². The van der Waals surface area contributed by atoms with E-state index in [1.54, 1.807) is 18.2 Å². The fourth-order valence-electron chi connectivity index (χ4n) is 1.83. The van der Waals surface area contributed by atoms with Crippen LogP contribution in [-0.2, 0) is 0 Å². The Labute approximate surface area is 117 Å². The Morgan fingerprint density at radius 2 is 2.10 bits per heavy atom. The second kappa shape index (κ2) is 4.63. The summed E-state index contributed by atoms with van der Waals surface area (Å²) < 4.78 is 0.890. The molecule has 6 N–H and O–H groups in total. The molecule has 2 aromatic heterocycles. The van der Waals surface area contributed by atoms with E-state index in [0.717, 1.165) is 4.68 Å². The maximum absolute atomic E-state index is 12.3. The van der Waals surface area contributed by atoms with Gasteiger partial charge in [0.1, 0.15) is 17.0 Å². The highest BCUT2D eigenvalue weighted by Crippen LogP contribution is 2.14. The van der Waals surface area contributed by atoms with Crippen LogP contribution in [0.5, 0.6) is 5.75 Å². The first-order valence-electron chi connectivity index (χ1n) is 5.92. The van der Waals surface area contributed by atoms with Gasteiger partial charge in [-0.15, -0.1) is 0 Å². The largest absolute Gasteiger partial charge is 0.507 e. The van der Waals surface area contributed by atoms with E-state index in [1.807, 2.05) is 0 Å². The van der Waals surface area contributed by atoms with Gasteiger partial charge in [0, 0.05) is 5.56 Å². The summed E-state index contributed by atoms with van der Waals surface area (Å²) >= 11 is 0. The quantitative estimate of drug-likeness (QED) is 0.482. The minimum absolute atomic E-state index is 0.0322. The summed E-state index contributed by atoms with van der Waals surface area (Å²) in [5.41, 5.74) is 11.3. The van der Waals surface area contributed by atoms with Crippen LogP contribution in [0.2, 0.25) is 0 Å². The molecule has 0 fully saturated rings. The second-order valence-corrected chi connectivity index (χ2v) is 4.23. The number of fused-ring (bicyclic) bond motifs is 1. The number of phenolic OH excluding ortho intramolecular Hbond substituents is 1. The topological polar surface area (TPSA) is 148 Å². The number of anilines is 2. The van der Waals surface area contributed by atoms with Crippen LogP contribution in [-0.4, -0.2) is 31.2 Å². The molecular weight excluding hydrogens is 274 g/mol. The lowest BCUT2D eigenvalue weighted by Crippen LogP contribution is -2.21. The molecule has 0 radical (unpaired) electrons. The zero-order valence-corrected chi connectivity index (χ0v) is 10.7. The van der Waals surface area contributed by atoms with Crippen molar-refractivity contribution in [2.45, 2.75) is 0 Å². The number of nitrogen functional groups attached to an aromatic ring is 2. The number of aromatic hydroxyl groups is 1. The Bertz CT molecular complexity index is 910. The number of rotatable bonds is 2. The van der Waals surface area contributed by atoms with Gasteiger partial charge in [-0.3, -0.25) is 9.89 Å². The molecule has 0 unspecified atom stereocenters. The Morgan fingerprint density at radius 3 is 2.86 bits per heavy atom. The predicted octanol–water partition coefficient (Wildman–Crippen LogP) is -0.128. The molecule has 0 saturated heterocycles. The lowest BCUT2D eigenvalue weighted by molar-refractivity contribution is 0.474. The zero-order valence-electron chi connectivity index (χ0n) is 10.7. The lowest BCUT2D eigenvalue weighted by atomic mass is 10.2. The van der Waals surface area contributed by atoms with Crippen molar-refractivity contribution < 1.29 is 5.11 Å². The average Bonchev–Trinajstić information content (AvgIpc) is 2.81. The Kier molecular flexibility index (Phi) is 2.79. The van der Waals surface area contributed by atoms with E-state index in [4.69, 9.17) is 11.5 Å². The third-order valence-corrected chi connectivity index (χ3v) is 2.87. The zero-order chi connectivity index (χ0) is 15.0. The van der Waals surface area contributed by atoms with Crippen molar-refractivity contribution in [3.8, 4) is 5.75 Å². The second-order valence-electron chi connectivity index (χ2n) is 4.23. The molecule has 3 rings (SSSR count). The van der Waals surface area contributed by atoms with Crippen molar-refractivity contribution in [1.29, 1.82) is 0 Å². The van der Waals surface area contributed by atoms with E-state index >= 15 is 0 Å². The number of aromatic amines is 1. The number of benzene rings is 1. The number of phenols is 1. The molecule has 1 aromatic carbocycles. The fourth-order valence-corrected chi connectivity index (χ4v) is 1.83. The minimum atomic E-state index is -0.546. The molecule has 0 atom stereocenters. The normalized spacial score (nSPS) is 11.4. The van der Waals surface area contributed by atoms with E-state index in [-0.39, 0.29) is 28.5 Å². The fraction of sp³-hybridized carbons (Fsp3) is 0.